The Labute approximate surface area is 254 Å². The molecule has 7 rings (SSSR count). The summed E-state index contributed by atoms with van der Waals surface area (Å²) in [5.41, 5.74) is 2.08. The van der Waals surface area contributed by atoms with Crippen LogP contribution in [0.4, 0.5) is 5.82 Å². The van der Waals surface area contributed by atoms with E-state index in [9.17, 15) is 9.59 Å². The van der Waals surface area contributed by atoms with Gasteiger partial charge < -0.3 is 19.3 Å². The number of benzene rings is 2. The maximum atomic E-state index is 14.0. The third-order valence-corrected chi connectivity index (χ3v) is 9.23. The van der Waals surface area contributed by atoms with Gasteiger partial charge in [-0.2, -0.15) is 0 Å². The third-order valence-electron chi connectivity index (χ3n) is 8.92. The maximum absolute atomic E-state index is 14.0. The molecule has 9 nitrogen and oxygen atoms in total. The Morgan fingerprint density at radius 1 is 0.977 bits per heavy atom. The number of piperazine rings is 1. The minimum atomic E-state index is -0.399. The Hall–Kier alpha value is -4.21. The molecule has 1 N–H and O–H groups in total. The average Bonchev–Trinajstić information content (AvgIpc) is 3.65. The zero-order chi connectivity index (χ0) is 29.5. The van der Waals surface area contributed by atoms with Gasteiger partial charge in [-0.1, -0.05) is 59.2 Å². The summed E-state index contributed by atoms with van der Waals surface area (Å²) < 4.78 is 7.26. The molecular weight excluding hydrogens is 564 g/mol. The van der Waals surface area contributed by atoms with Crippen LogP contribution in [0, 0.1) is 6.92 Å². The summed E-state index contributed by atoms with van der Waals surface area (Å²) in [6, 6.07) is 21.0. The van der Waals surface area contributed by atoms with Crippen LogP contribution >= 0.6 is 11.6 Å². The highest BCUT2D eigenvalue weighted by Crippen LogP contribution is 2.36. The van der Waals surface area contributed by atoms with Crippen LogP contribution in [-0.2, 0) is 4.79 Å². The first kappa shape index (κ1) is 27.6. The molecule has 1 saturated carbocycles. The fourth-order valence-corrected chi connectivity index (χ4v) is 7.11. The Kier molecular flexibility index (Phi) is 7.36. The first-order valence-electron chi connectivity index (χ1n) is 14.8. The van der Waals surface area contributed by atoms with Crippen molar-refractivity contribution in [2.75, 3.05) is 31.1 Å². The lowest BCUT2D eigenvalue weighted by atomic mass is 10.0. The summed E-state index contributed by atoms with van der Waals surface area (Å²) in [6.45, 7) is 4.83. The normalized spacial score (nSPS) is 20.1. The van der Waals surface area contributed by atoms with Crippen LogP contribution in [0.5, 0.6) is 0 Å². The van der Waals surface area contributed by atoms with Crippen molar-refractivity contribution in [2.45, 2.75) is 44.3 Å². The predicted molar refractivity (Wildman–Crippen MR) is 168 cm³/mol. The second-order valence-corrected chi connectivity index (χ2v) is 11.9. The molecule has 3 unspecified atom stereocenters. The highest BCUT2D eigenvalue weighted by Gasteiger charge is 2.35. The van der Waals surface area contributed by atoms with Crippen LogP contribution in [0.25, 0.3) is 21.8 Å². The highest BCUT2D eigenvalue weighted by atomic mass is 35.5. The van der Waals surface area contributed by atoms with Crippen molar-refractivity contribution in [3.05, 3.63) is 99.6 Å². The fraction of sp³-hybridized carbons (Fsp3) is 0.333. The molecule has 5 aromatic rings. The molecule has 2 fully saturated rings. The molecule has 0 bridgehead atoms. The minimum absolute atomic E-state index is 0.00582. The average molecular weight is 597 g/mol. The number of anilines is 1. The van der Waals surface area contributed by atoms with Crippen LogP contribution in [-0.4, -0.2) is 57.7 Å². The summed E-state index contributed by atoms with van der Waals surface area (Å²) in [7, 11) is 0. The largest absolute Gasteiger partial charge is 0.360 e. The Morgan fingerprint density at radius 2 is 1.77 bits per heavy atom. The van der Waals surface area contributed by atoms with E-state index < -0.39 is 6.04 Å². The number of rotatable bonds is 6. The predicted octanol–water partition coefficient (Wildman–Crippen LogP) is 5.27. The first-order chi connectivity index (χ1) is 21.0. The standard InChI is InChI=1S/C33H33ClN6O3/c1-21-28-30(37-43-21)29-25(34)10-7-11-26(29)40(33(28)42)24-14-13-23(20-24)36-32(41)31(22-8-3-2-4-9-22)39-18-16-38(17-19-39)27-12-5-6-15-35-27/h2-12,15,23-24,31H,13-14,16-20H2,1H3,(H,36,41). The topological polar surface area (TPSA) is 96.5 Å². The molecule has 1 aliphatic heterocycles. The second-order valence-electron chi connectivity index (χ2n) is 11.5. The monoisotopic (exact) mass is 596 g/mol. The van der Waals surface area contributed by atoms with E-state index >= 15 is 0 Å². The SMILES string of the molecule is Cc1onc2c1c(=O)n(C1CCC(NC(=O)C(c3ccccc3)N3CCN(c4ccccn4)CC3)C1)c1cccc(Cl)c21. The zero-order valence-corrected chi connectivity index (χ0v) is 24.7. The van der Waals surface area contributed by atoms with Crippen LogP contribution in [0.15, 0.2) is 82.2 Å². The summed E-state index contributed by atoms with van der Waals surface area (Å²) in [5, 5.41) is 9.23. The Balaban J connectivity index is 1.12. The van der Waals surface area contributed by atoms with E-state index in [0.29, 0.717) is 28.1 Å². The molecule has 0 radical (unpaired) electrons. The van der Waals surface area contributed by atoms with Crippen molar-refractivity contribution in [1.29, 1.82) is 0 Å². The van der Waals surface area contributed by atoms with E-state index in [1.54, 1.807) is 13.0 Å². The van der Waals surface area contributed by atoms with Crippen LogP contribution in [0.1, 0.15) is 42.7 Å². The summed E-state index contributed by atoms with van der Waals surface area (Å²) in [5.74, 6) is 1.43. The van der Waals surface area contributed by atoms with Gasteiger partial charge in [0, 0.05) is 49.8 Å². The lowest BCUT2D eigenvalue weighted by Gasteiger charge is -2.39. The van der Waals surface area contributed by atoms with Crippen molar-refractivity contribution in [2.24, 2.45) is 0 Å². The number of fused-ring (bicyclic) bond motifs is 3. The lowest BCUT2D eigenvalue weighted by Crippen LogP contribution is -2.52. The number of aryl methyl sites for hydroxylation is 1. The number of hydrogen-bond donors (Lipinski definition) is 1. The van der Waals surface area contributed by atoms with Gasteiger partial charge in [-0.3, -0.25) is 14.5 Å². The van der Waals surface area contributed by atoms with Gasteiger partial charge in [0.2, 0.25) is 5.91 Å². The molecule has 1 saturated heterocycles. The van der Waals surface area contributed by atoms with Crippen molar-refractivity contribution >= 4 is 45.1 Å². The van der Waals surface area contributed by atoms with Gasteiger partial charge in [0.25, 0.3) is 5.56 Å². The number of halogens is 1. The molecule has 2 aromatic carbocycles. The number of carbonyl (C=O) groups is 1. The Morgan fingerprint density at radius 3 is 2.53 bits per heavy atom. The number of aromatic nitrogens is 3. The van der Waals surface area contributed by atoms with E-state index in [-0.39, 0.29) is 23.6 Å². The molecule has 1 amide bonds. The van der Waals surface area contributed by atoms with Crippen LogP contribution in [0.3, 0.4) is 0 Å². The summed E-state index contributed by atoms with van der Waals surface area (Å²) in [4.78, 5) is 36.8. The quantitative estimate of drug-likeness (QED) is 0.285. The van der Waals surface area contributed by atoms with Crippen molar-refractivity contribution in [3.63, 3.8) is 0 Å². The number of nitrogens with one attached hydrogen (secondary N) is 1. The minimum Gasteiger partial charge on any atom is -0.360 e. The van der Waals surface area contributed by atoms with Crippen LogP contribution < -0.4 is 15.8 Å². The molecule has 3 aromatic heterocycles. The van der Waals surface area contributed by atoms with E-state index in [0.717, 1.165) is 61.3 Å². The second kappa shape index (κ2) is 11.5. The molecule has 1 aliphatic carbocycles. The van der Waals surface area contributed by atoms with Gasteiger partial charge >= 0.3 is 0 Å². The molecule has 43 heavy (non-hydrogen) atoms. The van der Waals surface area contributed by atoms with E-state index in [1.807, 2.05) is 71.4 Å². The summed E-state index contributed by atoms with van der Waals surface area (Å²) in [6.07, 6.45) is 4.01. The van der Waals surface area contributed by atoms with E-state index in [2.05, 4.69) is 25.3 Å². The molecule has 0 spiro atoms. The number of nitrogens with zero attached hydrogens (tertiary/aromatic N) is 5. The number of carbonyl (C=O) groups excluding carboxylic acids is 1. The first-order valence-corrected chi connectivity index (χ1v) is 15.2. The van der Waals surface area contributed by atoms with E-state index in [4.69, 9.17) is 16.1 Å². The van der Waals surface area contributed by atoms with Gasteiger partial charge in [-0.15, -0.1) is 0 Å². The van der Waals surface area contributed by atoms with Gasteiger partial charge in [-0.25, -0.2) is 4.98 Å². The number of hydrogen-bond acceptors (Lipinski definition) is 7. The van der Waals surface area contributed by atoms with Crippen molar-refractivity contribution in [3.8, 4) is 0 Å². The zero-order valence-electron chi connectivity index (χ0n) is 23.9. The Bertz CT molecular complexity index is 1830. The van der Waals surface area contributed by atoms with Crippen LogP contribution in [0.2, 0.25) is 5.02 Å². The fourth-order valence-electron chi connectivity index (χ4n) is 6.85. The lowest BCUT2D eigenvalue weighted by molar-refractivity contribution is -0.127. The van der Waals surface area contributed by atoms with Gasteiger partial charge in [0.15, 0.2) is 0 Å². The van der Waals surface area contributed by atoms with Crippen molar-refractivity contribution < 1.29 is 9.32 Å². The molecular formula is C33H33ClN6O3. The number of amides is 1. The van der Waals surface area contributed by atoms with E-state index in [1.165, 1.54) is 0 Å². The molecule has 10 heteroatoms. The maximum Gasteiger partial charge on any atom is 0.264 e. The third kappa shape index (κ3) is 5.06. The van der Waals surface area contributed by atoms with Gasteiger partial charge in [0.05, 0.1) is 10.5 Å². The summed E-state index contributed by atoms with van der Waals surface area (Å²) >= 11 is 6.62. The van der Waals surface area contributed by atoms with Crippen molar-refractivity contribution in [1.82, 2.24) is 24.9 Å². The molecule has 3 atom stereocenters. The molecule has 4 heterocycles. The van der Waals surface area contributed by atoms with Gasteiger partial charge in [0.1, 0.15) is 28.5 Å². The number of pyridine rings is 2. The smallest absolute Gasteiger partial charge is 0.264 e. The van der Waals surface area contributed by atoms with Gasteiger partial charge in [-0.05, 0) is 56.0 Å². The molecule has 2 aliphatic rings. The molecule has 220 valence electrons. The highest BCUT2D eigenvalue weighted by molar-refractivity contribution is 6.37.